The van der Waals surface area contributed by atoms with Gasteiger partial charge in [-0.15, -0.1) is 0 Å². The molecule has 0 aliphatic heterocycles. The molecular weight excluding hydrogens is 402 g/mol. The summed E-state index contributed by atoms with van der Waals surface area (Å²) in [6, 6.07) is 10.5. The van der Waals surface area contributed by atoms with Gasteiger partial charge in [-0.1, -0.05) is 35.9 Å². The molecule has 0 fully saturated rings. The van der Waals surface area contributed by atoms with Crippen LogP contribution in [0.5, 0.6) is 0 Å². The lowest BCUT2D eigenvalue weighted by Gasteiger charge is -2.06. The fourth-order valence-corrected chi connectivity index (χ4v) is 3.90. The molecule has 0 radical (unpaired) electrons. The minimum Gasteiger partial charge on any atom is -0.293 e. The van der Waals surface area contributed by atoms with E-state index >= 15 is 0 Å². The number of Topliss-reactive ketones (excluding diaryl/α,β-unsaturated/α-hetero) is 2. The standard InChI is InChI=1S/C22H16ClN5O2/c23-19-8-7-17-22(27-19)26-18(11-24-17)13-10-25-28(12-13)9-3-6-16-20(29)14-4-1-2-5-15(14)21(16)30/h1-2,4-5,7-8,10-12,16H,3,6,9H2. The van der Waals surface area contributed by atoms with E-state index in [9.17, 15) is 9.59 Å². The third kappa shape index (κ3) is 3.27. The lowest BCUT2D eigenvalue weighted by atomic mass is 9.98. The maximum atomic E-state index is 12.5. The number of rotatable bonds is 5. The molecule has 0 spiro atoms. The van der Waals surface area contributed by atoms with E-state index in [4.69, 9.17) is 11.6 Å². The summed E-state index contributed by atoms with van der Waals surface area (Å²) in [5.41, 5.74) is 3.69. The number of hydrogen-bond donors (Lipinski definition) is 0. The SMILES string of the molecule is O=C1c2ccccc2C(=O)C1CCCn1cc(-c2cnc3ccc(Cl)nc3n2)cn1. The molecular formula is C22H16ClN5O2. The largest absolute Gasteiger partial charge is 0.293 e. The van der Waals surface area contributed by atoms with E-state index in [-0.39, 0.29) is 11.6 Å². The number of fused-ring (bicyclic) bond motifs is 2. The van der Waals surface area contributed by atoms with Crippen LogP contribution in [-0.4, -0.2) is 36.3 Å². The summed E-state index contributed by atoms with van der Waals surface area (Å²) in [6.07, 6.45) is 6.42. The summed E-state index contributed by atoms with van der Waals surface area (Å²) in [5.74, 6) is -0.733. The topological polar surface area (TPSA) is 90.6 Å². The molecule has 1 aromatic carbocycles. The predicted octanol–water partition coefficient (Wildman–Crippen LogP) is 4.02. The number of halogens is 1. The van der Waals surface area contributed by atoms with E-state index in [0.29, 0.717) is 52.5 Å². The number of aromatic nitrogens is 5. The minimum absolute atomic E-state index is 0.0747. The molecule has 8 heteroatoms. The van der Waals surface area contributed by atoms with Crippen LogP contribution in [0.4, 0.5) is 0 Å². The number of carbonyl (C=O) groups excluding carboxylic acids is 2. The van der Waals surface area contributed by atoms with Crippen molar-refractivity contribution in [1.82, 2.24) is 24.7 Å². The first-order valence-corrected chi connectivity index (χ1v) is 9.97. The van der Waals surface area contributed by atoms with Gasteiger partial charge in [0.25, 0.3) is 0 Å². The van der Waals surface area contributed by atoms with Crippen LogP contribution < -0.4 is 0 Å². The molecule has 0 saturated carbocycles. The fourth-order valence-electron chi connectivity index (χ4n) is 3.76. The second-order valence-electron chi connectivity index (χ2n) is 7.19. The van der Waals surface area contributed by atoms with Crippen molar-refractivity contribution >= 4 is 34.3 Å². The zero-order chi connectivity index (χ0) is 20.7. The van der Waals surface area contributed by atoms with Crippen molar-refractivity contribution in [2.75, 3.05) is 0 Å². The molecule has 1 aliphatic carbocycles. The van der Waals surface area contributed by atoms with Gasteiger partial charge >= 0.3 is 0 Å². The molecule has 30 heavy (non-hydrogen) atoms. The molecule has 0 atom stereocenters. The Morgan fingerprint density at radius 1 is 0.967 bits per heavy atom. The highest BCUT2D eigenvalue weighted by Crippen LogP contribution is 2.29. The molecule has 0 unspecified atom stereocenters. The van der Waals surface area contributed by atoms with E-state index in [0.717, 1.165) is 5.56 Å². The molecule has 0 saturated heterocycles. The number of benzene rings is 1. The Kier molecular flexibility index (Phi) is 4.59. The number of pyridine rings is 1. The van der Waals surface area contributed by atoms with Crippen molar-refractivity contribution < 1.29 is 9.59 Å². The highest BCUT2D eigenvalue weighted by molar-refractivity contribution is 6.29. The normalized spacial score (nSPS) is 13.9. The molecule has 5 rings (SSSR count). The van der Waals surface area contributed by atoms with Crippen LogP contribution >= 0.6 is 11.6 Å². The van der Waals surface area contributed by atoms with Gasteiger partial charge in [-0.3, -0.25) is 19.3 Å². The van der Waals surface area contributed by atoms with Gasteiger partial charge < -0.3 is 0 Å². The number of hydrogen-bond acceptors (Lipinski definition) is 6. The van der Waals surface area contributed by atoms with Crippen LogP contribution in [0.3, 0.4) is 0 Å². The quantitative estimate of drug-likeness (QED) is 0.360. The lowest BCUT2D eigenvalue weighted by molar-refractivity contribution is 0.0828. The van der Waals surface area contributed by atoms with Crippen molar-refractivity contribution in [3.8, 4) is 11.3 Å². The van der Waals surface area contributed by atoms with Gasteiger partial charge in [0.15, 0.2) is 17.2 Å². The maximum absolute atomic E-state index is 12.5. The summed E-state index contributed by atoms with van der Waals surface area (Å²) >= 11 is 5.94. The van der Waals surface area contributed by atoms with Crippen molar-refractivity contribution in [2.45, 2.75) is 19.4 Å². The van der Waals surface area contributed by atoms with Crippen LogP contribution in [-0.2, 0) is 6.54 Å². The van der Waals surface area contributed by atoms with Crippen LogP contribution in [0.25, 0.3) is 22.4 Å². The molecule has 3 aromatic heterocycles. The first-order valence-electron chi connectivity index (χ1n) is 9.60. The Morgan fingerprint density at radius 2 is 1.73 bits per heavy atom. The van der Waals surface area contributed by atoms with Gasteiger partial charge in [0.05, 0.1) is 24.0 Å². The van der Waals surface area contributed by atoms with Gasteiger partial charge in [0.1, 0.15) is 10.7 Å². The molecule has 0 bridgehead atoms. The van der Waals surface area contributed by atoms with Crippen molar-refractivity contribution in [3.05, 3.63) is 71.3 Å². The molecule has 1 aliphatic rings. The summed E-state index contributed by atoms with van der Waals surface area (Å²) in [7, 11) is 0. The monoisotopic (exact) mass is 417 g/mol. The molecule has 0 N–H and O–H groups in total. The fraction of sp³-hybridized carbons (Fsp3) is 0.182. The predicted molar refractivity (Wildman–Crippen MR) is 111 cm³/mol. The number of ketones is 2. The van der Waals surface area contributed by atoms with E-state index in [1.165, 1.54) is 0 Å². The van der Waals surface area contributed by atoms with Gasteiger partial charge in [-0.05, 0) is 25.0 Å². The maximum Gasteiger partial charge on any atom is 0.180 e. The number of nitrogens with zero attached hydrogens (tertiary/aromatic N) is 5. The average Bonchev–Trinajstić information content (AvgIpc) is 3.32. The smallest absolute Gasteiger partial charge is 0.180 e. The Labute approximate surface area is 176 Å². The van der Waals surface area contributed by atoms with Gasteiger partial charge in [0.2, 0.25) is 0 Å². The highest BCUT2D eigenvalue weighted by atomic mass is 35.5. The molecule has 148 valence electrons. The van der Waals surface area contributed by atoms with Crippen molar-refractivity contribution in [3.63, 3.8) is 0 Å². The summed E-state index contributed by atoms with van der Waals surface area (Å²) < 4.78 is 1.78. The minimum atomic E-state index is -0.584. The van der Waals surface area contributed by atoms with Gasteiger partial charge in [-0.25, -0.2) is 9.97 Å². The first-order chi connectivity index (χ1) is 14.6. The third-order valence-electron chi connectivity index (χ3n) is 5.27. The van der Waals surface area contributed by atoms with Crippen LogP contribution in [0, 0.1) is 5.92 Å². The number of carbonyl (C=O) groups is 2. The van der Waals surface area contributed by atoms with E-state index in [1.54, 1.807) is 53.5 Å². The van der Waals surface area contributed by atoms with Crippen LogP contribution in [0.15, 0.2) is 55.0 Å². The van der Waals surface area contributed by atoms with Gasteiger partial charge in [0, 0.05) is 29.4 Å². The summed E-state index contributed by atoms with van der Waals surface area (Å²) in [4.78, 5) is 38.1. The second-order valence-corrected chi connectivity index (χ2v) is 7.58. The zero-order valence-electron chi connectivity index (χ0n) is 15.8. The van der Waals surface area contributed by atoms with E-state index < -0.39 is 5.92 Å². The average molecular weight is 418 g/mol. The Hall–Kier alpha value is -3.45. The van der Waals surface area contributed by atoms with Crippen molar-refractivity contribution in [2.24, 2.45) is 5.92 Å². The molecule has 7 nitrogen and oxygen atoms in total. The van der Waals surface area contributed by atoms with E-state index in [1.807, 2.05) is 6.20 Å². The molecule has 0 amide bonds. The molecule has 3 heterocycles. The summed E-state index contributed by atoms with van der Waals surface area (Å²) in [6.45, 7) is 0.596. The first kappa shape index (κ1) is 18.6. The molecule has 4 aromatic rings. The van der Waals surface area contributed by atoms with Crippen molar-refractivity contribution in [1.29, 1.82) is 0 Å². The Bertz CT molecular complexity index is 1260. The lowest BCUT2D eigenvalue weighted by Crippen LogP contribution is -2.16. The summed E-state index contributed by atoms with van der Waals surface area (Å²) in [5, 5.41) is 4.73. The second kappa shape index (κ2) is 7.42. The number of aryl methyl sites for hydroxylation is 1. The zero-order valence-corrected chi connectivity index (χ0v) is 16.6. The highest BCUT2D eigenvalue weighted by Gasteiger charge is 2.37. The third-order valence-corrected chi connectivity index (χ3v) is 5.48. The van der Waals surface area contributed by atoms with E-state index in [2.05, 4.69) is 20.1 Å². The Balaban J connectivity index is 1.26. The Morgan fingerprint density at radius 3 is 2.50 bits per heavy atom. The van der Waals surface area contributed by atoms with Crippen LogP contribution in [0.1, 0.15) is 33.6 Å². The van der Waals surface area contributed by atoms with Gasteiger partial charge in [-0.2, -0.15) is 5.10 Å². The van der Waals surface area contributed by atoms with Crippen LogP contribution in [0.2, 0.25) is 5.15 Å².